The molecule has 0 saturated carbocycles. The van der Waals surface area contributed by atoms with E-state index < -0.39 is 5.91 Å². The zero-order valence-corrected chi connectivity index (χ0v) is 14.4. The van der Waals surface area contributed by atoms with Gasteiger partial charge in [0, 0.05) is 12.7 Å². The molecule has 2 amide bonds. The predicted octanol–water partition coefficient (Wildman–Crippen LogP) is 3.03. The molecule has 2 aromatic carbocycles. The lowest BCUT2D eigenvalue weighted by Crippen LogP contribution is -2.35. The molecule has 0 atom stereocenters. The fourth-order valence-corrected chi connectivity index (χ4v) is 2.39. The largest absolute Gasteiger partial charge is 0.507 e. The summed E-state index contributed by atoms with van der Waals surface area (Å²) in [4.78, 5) is 25.9. The SMILES string of the molecule is Cc1ccc(O)c(C(=O)N(C)CC(=O)Nc2cccc(C)c2C)c1. The Kier molecular flexibility index (Phi) is 5.24. The van der Waals surface area contributed by atoms with E-state index in [0.29, 0.717) is 0 Å². The Morgan fingerprint density at radius 3 is 2.54 bits per heavy atom. The maximum absolute atomic E-state index is 12.4. The van der Waals surface area contributed by atoms with E-state index >= 15 is 0 Å². The normalized spacial score (nSPS) is 10.3. The van der Waals surface area contributed by atoms with Gasteiger partial charge in [0.05, 0.1) is 12.1 Å². The monoisotopic (exact) mass is 326 g/mol. The number of nitrogens with one attached hydrogen (secondary N) is 1. The third-order valence-electron chi connectivity index (χ3n) is 3.99. The van der Waals surface area contributed by atoms with E-state index in [1.807, 2.05) is 39.0 Å². The highest BCUT2D eigenvalue weighted by Crippen LogP contribution is 2.20. The molecule has 0 aromatic heterocycles. The minimum absolute atomic E-state index is 0.0904. The van der Waals surface area contributed by atoms with Gasteiger partial charge in [0.2, 0.25) is 5.91 Å². The van der Waals surface area contributed by atoms with Crippen molar-refractivity contribution in [1.29, 1.82) is 0 Å². The second kappa shape index (κ2) is 7.17. The van der Waals surface area contributed by atoms with Gasteiger partial charge in [0.25, 0.3) is 5.91 Å². The Balaban J connectivity index is 2.07. The number of amides is 2. The van der Waals surface area contributed by atoms with Gasteiger partial charge in [0.1, 0.15) is 5.75 Å². The van der Waals surface area contributed by atoms with E-state index in [1.165, 1.54) is 18.0 Å². The summed E-state index contributed by atoms with van der Waals surface area (Å²) in [6, 6.07) is 10.5. The van der Waals surface area contributed by atoms with Crippen molar-refractivity contribution in [3.63, 3.8) is 0 Å². The quantitative estimate of drug-likeness (QED) is 0.907. The highest BCUT2D eigenvalue weighted by Gasteiger charge is 2.18. The first-order chi connectivity index (χ1) is 11.3. The summed E-state index contributed by atoms with van der Waals surface area (Å²) in [5.41, 5.74) is 3.87. The molecular weight excluding hydrogens is 304 g/mol. The molecule has 0 heterocycles. The lowest BCUT2D eigenvalue weighted by molar-refractivity contribution is -0.116. The molecule has 0 aliphatic heterocycles. The third-order valence-corrected chi connectivity index (χ3v) is 3.99. The number of carbonyl (C=O) groups is 2. The van der Waals surface area contributed by atoms with Gasteiger partial charge in [-0.3, -0.25) is 9.59 Å². The Morgan fingerprint density at radius 2 is 1.83 bits per heavy atom. The van der Waals surface area contributed by atoms with Crippen LogP contribution < -0.4 is 5.32 Å². The number of hydrogen-bond donors (Lipinski definition) is 2. The summed E-state index contributed by atoms with van der Waals surface area (Å²) >= 11 is 0. The van der Waals surface area contributed by atoms with Gasteiger partial charge in [-0.1, -0.05) is 23.8 Å². The first-order valence-electron chi connectivity index (χ1n) is 7.70. The van der Waals surface area contributed by atoms with Crippen LogP contribution in [-0.2, 0) is 4.79 Å². The van der Waals surface area contributed by atoms with Crippen molar-refractivity contribution >= 4 is 17.5 Å². The van der Waals surface area contributed by atoms with Gasteiger partial charge in [-0.25, -0.2) is 0 Å². The lowest BCUT2D eigenvalue weighted by atomic mass is 10.1. The number of benzene rings is 2. The molecule has 0 aliphatic carbocycles. The smallest absolute Gasteiger partial charge is 0.257 e. The average Bonchev–Trinajstić information content (AvgIpc) is 2.53. The van der Waals surface area contributed by atoms with E-state index in [2.05, 4.69) is 5.32 Å². The maximum atomic E-state index is 12.4. The number of phenolic OH excluding ortho intramolecular Hbond substituents is 1. The minimum atomic E-state index is -0.396. The van der Waals surface area contributed by atoms with E-state index in [9.17, 15) is 14.7 Å². The number of aromatic hydroxyl groups is 1. The molecule has 0 radical (unpaired) electrons. The molecule has 0 unspecified atom stereocenters. The highest BCUT2D eigenvalue weighted by atomic mass is 16.3. The topological polar surface area (TPSA) is 69.6 Å². The van der Waals surface area contributed by atoms with Crippen LogP contribution in [0.1, 0.15) is 27.0 Å². The number of likely N-dealkylation sites (N-methyl/N-ethyl adjacent to an activating group) is 1. The Labute approximate surface area is 141 Å². The fourth-order valence-electron chi connectivity index (χ4n) is 2.39. The van der Waals surface area contributed by atoms with Gasteiger partial charge in [-0.2, -0.15) is 0 Å². The third kappa shape index (κ3) is 3.93. The predicted molar refractivity (Wildman–Crippen MR) is 94.4 cm³/mol. The van der Waals surface area contributed by atoms with Gasteiger partial charge < -0.3 is 15.3 Å². The average molecular weight is 326 g/mol. The van der Waals surface area contributed by atoms with E-state index in [0.717, 1.165) is 22.4 Å². The van der Waals surface area contributed by atoms with Crippen LogP contribution in [0.15, 0.2) is 36.4 Å². The summed E-state index contributed by atoms with van der Waals surface area (Å²) in [7, 11) is 1.53. The van der Waals surface area contributed by atoms with Gasteiger partial charge >= 0.3 is 0 Å². The van der Waals surface area contributed by atoms with Crippen LogP contribution in [0.3, 0.4) is 0 Å². The second-order valence-corrected chi connectivity index (χ2v) is 5.98. The zero-order valence-electron chi connectivity index (χ0n) is 14.4. The van der Waals surface area contributed by atoms with Crippen molar-refractivity contribution in [3.05, 3.63) is 58.7 Å². The standard InChI is InChI=1S/C19H22N2O3/c1-12-8-9-17(22)15(10-12)19(24)21(4)11-18(23)20-16-7-5-6-13(2)14(16)3/h5-10,22H,11H2,1-4H3,(H,20,23). The van der Waals surface area contributed by atoms with Crippen molar-refractivity contribution in [2.24, 2.45) is 0 Å². The van der Waals surface area contributed by atoms with Crippen molar-refractivity contribution < 1.29 is 14.7 Å². The molecule has 2 rings (SSSR count). The van der Waals surface area contributed by atoms with Crippen molar-refractivity contribution in [3.8, 4) is 5.75 Å². The first kappa shape index (κ1) is 17.5. The van der Waals surface area contributed by atoms with Gasteiger partial charge in [0.15, 0.2) is 0 Å². The minimum Gasteiger partial charge on any atom is -0.507 e. The number of aryl methyl sites for hydroxylation is 2. The van der Waals surface area contributed by atoms with Crippen LogP contribution >= 0.6 is 0 Å². The van der Waals surface area contributed by atoms with E-state index in [1.54, 1.807) is 12.1 Å². The van der Waals surface area contributed by atoms with Crippen LogP contribution in [-0.4, -0.2) is 35.4 Å². The molecule has 2 N–H and O–H groups in total. The van der Waals surface area contributed by atoms with Crippen molar-refractivity contribution in [2.45, 2.75) is 20.8 Å². The van der Waals surface area contributed by atoms with Crippen LogP contribution in [0.25, 0.3) is 0 Å². The number of rotatable bonds is 4. The highest BCUT2D eigenvalue weighted by molar-refractivity contribution is 6.01. The summed E-state index contributed by atoms with van der Waals surface area (Å²) in [5, 5.41) is 12.7. The number of anilines is 1. The van der Waals surface area contributed by atoms with E-state index in [4.69, 9.17) is 0 Å². The lowest BCUT2D eigenvalue weighted by Gasteiger charge is -2.18. The van der Waals surface area contributed by atoms with Crippen molar-refractivity contribution in [2.75, 3.05) is 18.9 Å². The summed E-state index contributed by atoms with van der Waals surface area (Å²) in [6.45, 7) is 5.65. The molecule has 0 fully saturated rings. The van der Waals surface area contributed by atoms with Crippen molar-refractivity contribution in [1.82, 2.24) is 4.90 Å². The number of phenols is 1. The Hall–Kier alpha value is -2.82. The summed E-state index contributed by atoms with van der Waals surface area (Å²) in [5.74, 6) is -0.772. The zero-order chi connectivity index (χ0) is 17.9. The van der Waals surface area contributed by atoms with Gasteiger partial charge in [-0.05, 0) is 50.1 Å². The Morgan fingerprint density at radius 1 is 1.12 bits per heavy atom. The molecule has 0 aliphatic rings. The van der Waals surface area contributed by atoms with Crippen LogP contribution in [0, 0.1) is 20.8 Å². The van der Waals surface area contributed by atoms with Gasteiger partial charge in [-0.15, -0.1) is 0 Å². The molecular formula is C19H22N2O3. The summed E-state index contributed by atoms with van der Waals surface area (Å²) in [6.07, 6.45) is 0. The first-order valence-corrected chi connectivity index (χ1v) is 7.70. The molecule has 0 bridgehead atoms. The maximum Gasteiger partial charge on any atom is 0.257 e. The second-order valence-electron chi connectivity index (χ2n) is 5.98. The summed E-state index contributed by atoms with van der Waals surface area (Å²) < 4.78 is 0. The van der Waals surface area contributed by atoms with Crippen LogP contribution in [0.5, 0.6) is 5.75 Å². The molecule has 126 valence electrons. The molecule has 0 saturated heterocycles. The Bertz CT molecular complexity index is 784. The number of hydrogen-bond acceptors (Lipinski definition) is 3. The molecule has 24 heavy (non-hydrogen) atoms. The van der Waals surface area contributed by atoms with Crippen LogP contribution in [0.4, 0.5) is 5.69 Å². The number of nitrogens with zero attached hydrogens (tertiary/aromatic N) is 1. The van der Waals surface area contributed by atoms with E-state index in [-0.39, 0.29) is 23.8 Å². The fraction of sp³-hybridized carbons (Fsp3) is 0.263. The molecule has 0 spiro atoms. The molecule has 2 aromatic rings. The molecule has 5 heteroatoms. The molecule has 5 nitrogen and oxygen atoms in total. The van der Waals surface area contributed by atoms with Crippen LogP contribution in [0.2, 0.25) is 0 Å². The number of carbonyl (C=O) groups excluding carboxylic acids is 2.